The van der Waals surface area contributed by atoms with Crippen LogP contribution in [0.15, 0.2) is 53.0 Å². The topological polar surface area (TPSA) is 49.3 Å². The van der Waals surface area contributed by atoms with Gasteiger partial charge in [0, 0.05) is 11.0 Å². The zero-order valence-electron chi connectivity index (χ0n) is 10.3. The molecule has 0 spiro atoms. The van der Waals surface area contributed by atoms with Crippen LogP contribution in [0.2, 0.25) is 0 Å². The van der Waals surface area contributed by atoms with Gasteiger partial charge in [0.1, 0.15) is 0 Å². The highest BCUT2D eigenvalue weighted by Crippen LogP contribution is 2.17. The molecule has 0 saturated heterocycles. The van der Waals surface area contributed by atoms with Crippen molar-refractivity contribution in [3.05, 3.63) is 69.7 Å². The van der Waals surface area contributed by atoms with E-state index in [1.54, 1.807) is 0 Å². The summed E-state index contributed by atoms with van der Waals surface area (Å²) in [5.74, 6) is 0. The minimum Gasteiger partial charge on any atom is -0.465 e. The van der Waals surface area contributed by atoms with Crippen molar-refractivity contribution in [2.24, 2.45) is 0 Å². The average Bonchev–Trinajstić information content (AvgIpc) is 2.40. The first-order valence-electron chi connectivity index (χ1n) is 5.93. The van der Waals surface area contributed by atoms with E-state index in [-0.39, 0.29) is 0 Å². The van der Waals surface area contributed by atoms with Crippen LogP contribution in [0, 0.1) is 0 Å². The standard InChI is InChI=1S/C15H14BrNO2/c16-14-7-5-11(6-8-14)9-12-3-1-2-4-13(12)10-17-15(18)19/h1-8,17H,9-10H2,(H,18,19). The van der Waals surface area contributed by atoms with Crippen molar-refractivity contribution in [3.63, 3.8) is 0 Å². The summed E-state index contributed by atoms with van der Waals surface area (Å²) in [6.07, 6.45) is -0.205. The number of halogens is 1. The van der Waals surface area contributed by atoms with Crippen LogP contribution in [0.4, 0.5) is 4.79 Å². The molecule has 2 aromatic rings. The van der Waals surface area contributed by atoms with Crippen LogP contribution in [0.25, 0.3) is 0 Å². The molecule has 19 heavy (non-hydrogen) atoms. The molecule has 0 heterocycles. The van der Waals surface area contributed by atoms with Gasteiger partial charge >= 0.3 is 6.09 Å². The number of hydrogen-bond donors (Lipinski definition) is 2. The highest BCUT2D eigenvalue weighted by Gasteiger charge is 2.04. The van der Waals surface area contributed by atoms with E-state index in [1.807, 2.05) is 36.4 Å². The van der Waals surface area contributed by atoms with Crippen molar-refractivity contribution in [2.75, 3.05) is 0 Å². The first kappa shape index (κ1) is 13.6. The van der Waals surface area contributed by atoms with Crippen LogP contribution >= 0.6 is 15.9 Å². The minimum absolute atomic E-state index is 0.335. The number of nitrogens with one attached hydrogen (secondary N) is 1. The predicted molar refractivity (Wildman–Crippen MR) is 78.3 cm³/mol. The zero-order valence-corrected chi connectivity index (χ0v) is 11.9. The Morgan fingerprint density at radius 1 is 1.05 bits per heavy atom. The molecule has 0 aromatic heterocycles. The zero-order chi connectivity index (χ0) is 13.7. The summed E-state index contributed by atoms with van der Waals surface area (Å²) in [4.78, 5) is 10.6. The maximum absolute atomic E-state index is 10.6. The number of carbonyl (C=O) groups is 1. The molecule has 1 amide bonds. The van der Waals surface area contributed by atoms with E-state index >= 15 is 0 Å². The van der Waals surface area contributed by atoms with Gasteiger partial charge < -0.3 is 10.4 Å². The molecule has 0 radical (unpaired) electrons. The fourth-order valence-corrected chi connectivity index (χ4v) is 2.16. The molecule has 2 N–H and O–H groups in total. The van der Waals surface area contributed by atoms with E-state index in [1.165, 1.54) is 5.56 Å². The minimum atomic E-state index is -1.00. The third-order valence-electron chi connectivity index (χ3n) is 2.86. The van der Waals surface area contributed by atoms with E-state index in [0.717, 1.165) is 22.0 Å². The van der Waals surface area contributed by atoms with E-state index in [9.17, 15) is 4.79 Å². The molecule has 2 aromatic carbocycles. The second-order valence-electron chi connectivity index (χ2n) is 4.23. The fourth-order valence-electron chi connectivity index (χ4n) is 1.90. The molecule has 0 atom stereocenters. The monoisotopic (exact) mass is 319 g/mol. The average molecular weight is 320 g/mol. The van der Waals surface area contributed by atoms with Gasteiger partial charge in [-0.3, -0.25) is 0 Å². The van der Waals surface area contributed by atoms with Crippen molar-refractivity contribution in [2.45, 2.75) is 13.0 Å². The van der Waals surface area contributed by atoms with Crippen molar-refractivity contribution in [3.8, 4) is 0 Å². The van der Waals surface area contributed by atoms with Gasteiger partial charge in [-0.25, -0.2) is 4.79 Å². The van der Waals surface area contributed by atoms with Crippen molar-refractivity contribution >= 4 is 22.0 Å². The second kappa shape index (κ2) is 6.38. The molecule has 0 aliphatic heterocycles. The summed E-state index contributed by atoms with van der Waals surface area (Å²) in [5, 5.41) is 11.1. The summed E-state index contributed by atoms with van der Waals surface area (Å²) >= 11 is 3.41. The van der Waals surface area contributed by atoms with Crippen LogP contribution < -0.4 is 5.32 Å². The van der Waals surface area contributed by atoms with E-state index in [0.29, 0.717) is 6.54 Å². The summed E-state index contributed by atoms with van der Waals surface area (Å²) < 4.78 is 1.05. The molecule has 0 saturated carbocycles. The Labute approximate surface area is 120 Å². The third-order valence-corrected chi connectivity index (χ3v) is 3.38. The van der Waals surface area contributed by atoms with E-state index < -0.39 is 6.09 Å². The Balaban J connectivity index is 2.15. The quantitative estimate of drug-likeness (QED) is 0.900. The Morgan fingerprint density at radius 2 is 1.68 bits per heavy atom. The maximum Gasteiger partial charge on any atom is 0.404 e. The van der Waals surface area contributed by atoms with E-state index in [2.05, 4.69) is 33.4 Å². The molecular formula is C15H14BrNO2. The molecule has 0 aliphatic rings. The Bertz CT molecular complexity index is 567. The number of hydrogen-bond acceptors (Lipinski definition) is 1. The first-order chi connectivity index (χ1) is 9.15. The first-order valence-corrected chi connectivity index (χ1v) is 6.72. The van der Waals surface area contributed by atoms with Gasteiger partial charge in [-0.05, 0) is 35.2 Å². The van der Waals surface area contributed by atoms with Gasteiger partial charge in [0.25, 0.3) is 0 Å². The molecule has 0 unspecified atom stereocenters. The van der Waals surface area contributed by atoms with Crippen LogP contribution in [0.5, 0.6) is 0 Å². The second-order valence-corrected chi connectivity index (χ2v) is 5.15. The summed E-state index contributed by atoms with van der Waals surface area (Å²) in [6.45, 7) is 0.335. The SMILES string of the molecule is O=C(O)NCc1ccccc1Cc1ccc(Br)cc1. The normalized spacial score (nSPS) is 10.2. The summed E-state index contributed by atoms with van der Waals surface area (Å²) in [5.41, 5.74) is 3.34. The lowest BCUT2D eigenvalue weighted by atomic mass is 10.00. The fraction of sp³-hybridized carbons (Fsp3) is 0.133. The molecule has 0 aliphatic carbocycles. The van der Waals surface area contributed by atoms with Crippen LogP contribution in [0.3, 0.4) is 0 Å². The summed E-state index contributed by atoms with van der Waals surface area (Å²) in [6, 6.07) is 16.0. The largest absolute Gasteiger partial charge is 0.465 e. The number of rotatable bonds is 4. The molecule has 4 heteroatoms. The van der Waals surface area contributed by atoms with Gasteiger partial charge in [-0.15, -0.1) is 0 Å². The molecule has 3 nitrogen and oxygen atoms in total. The van der Waals surface area contributed by atoms with Gasteiger partial charge in [-0.1, -0.05) is 52.3 Å². The molecule has 0 fully saturated rings. The molecule has 98 valence electrons. The molecular weight excluding hydrogens is 306 g/mol. The van der Waals surface area contributed by atoms with Crippen molar-refractivity contribution < 1.29 is 9.90 Å². The van der Waals surface area contributed by atoms with Gasteiger partial charge in [0.2, 0.25) is 0 Å². The Morgan fingerprint density at radius 3 is 2.32 bits per heavy atom. The number of amides is 1. The van der Waals surface area contributed by atoms with Crippen molar-refractivity contribution in [1.82, 2.24) is 5.32 Å². The highest BCUT2D eigenvalue weighted by molar-refractivity contribution is 9.10. The predicted octanol–water partition coefficient (Wildman–Crippen LogP) is 3.81. The number of carboxylic acid groups (broad SMARTS) is 1. The van der Waals surface area contributed by atoms with Crippen LogP contribution in [-0.4, -0.2) is 11.2 Å². The van der Waals surface area contributed by atoms with Gasteiger partial charge in [-0.2, -0.15) is 0 Å². The molecule has 2 rings (SSSR count). The summed E-state index contributed by atoms with van der Waals surface area (Å²) in [7, 11) is 0. The lowest BCUT2D eigenvalue weighted by molar-refractivity contribution is 0.194. The Kier molecular flexibility index (Phi) is 4.58. The third kappa shape index (κ3) is 4.10. The number of benzene rings is 2. The van der Waals surface area contributed by atoms with Gasteiger partial charge in [0.05, 0.1) is 0 Å². The van der Waals surface area contributed by atoms with Gasteiger partial charge in [0.15, 0.2) is 0 Å². The van der Waals surface area contributed by atoms with E-state index in [4.69, 9.17) is 5.11 Å². The van der Waals surface area contributed by atoms with Crippen LogP contribution in [-0.2, 0) is 13.0 Å². The van der Waals surface area contributed by atoms with Crippen LogP contribution in [0.1, 0.15) is 16.7 Å². The lowest BCUT2D eigenvalue weighted by Gasteiger charge is -2.09. The maximum atomic E-state index is 10.6. The highest BCUT2D eigenvalue weighted by atomic mass is 79.9. The molecule has 0 bridgehead atoms. The Hall–Kier alpha value is -1.81. The lowest BCUT2D eigenvalue weighted by Crippen LogP contribution is -2.20. The van der Waals surface area contributed by atoms with Crippen molar-refractivity contribution in [1.29, 1.82) is 0 Å². The smallest absolute Gasteiger partial charge is 0.404 e.